The Morgan fingerprint density at radius 3 is 2.14 bits per heavy atom. The van der Waals surface area contributed by atoms with Gasteiger partial charge in [-0.3, -0.25) is 0 Å². The fourth-order valence-electron chi connectivity index (χ4n) is 2.68. The van der Waals surface area contributed by atoms with E-state index in [0.29, 0.717) is 11.8 Å². The highest BCUT2D eigenvalue weighted by Gasteiger charge is 2.17. The molecule has 112 valence electrons. The highest BCUT2D eigenvalue weighted by molar-refractivity contribution is 6.31. The zero-order chi connectivity index (χ0) is 15.2. The van der Waals surface area contributed by atoms with E-state index < -0.39 is 0 Å². The van der Waals surface area contributed by atoms with E-state index in [-0.39, 0.29) is 6.04 Å². The molecule has 2 aromatic carbocycles. The molecule has 0 aliphatic heterocycles. The van der Waals surface area contributed by atoms with Crippen molar-refractivity contribution in [3.05, 3.63) is 70.7 Å². The van der Waals surface area contributed by atoms with Crippen molar-refractivity contribution in [1.29, 1.82) is 0 Å². The van der Waals surface area contributed by atoms with E-state index in [0.717, 1.165) is 17.1 Å². The van der Waals surface area contributed by atoms with E-state index in [9.17, 15) is 0 Å². The van der Waals surface area contributed by atoms with E-state index >= 15 is 0 Å². The molecule has 0 aliphatic carbocycles. The van der Waals surface area contributed by atoms with Crippen molar-refractivity contribution in [3.8, 4) is 0 Å². The van der Waals surface area contributed by atoms with Crippen LogP contribution in [-0.4, -0.2) is 6.54 Å². The van der Waals surface area contributed by atoms with Gasteiger partial charge in [-0.15, -0.1) is 0 Å². The van der Waals surface area contributed by atoms with Gasteiger partial charge < -0.3 is 5.32 Å². The summed E-state index contributed by atoms with van der Waals surface area (Å²) in [7, 11) is 0. The van der Waals surface area contributed by atoms with Crippen LogP contribution in [0.25, 0.3) is 0 Å². The molecule has 2 unspecified atom stereocenters. The second kappa shape index (κ2) is 7.63. The highest BCUT2D eigenvalue weighted by Crippen LogP contribution is 2.26. The first kappa shape index (κ1) is 16.1. The van der Waals surface area contributed by atoms with Crippen LogP contribution in [0.15, 0.2) is 54.6 Å². The molecule has 21 heavy (non-hydrogen) atoms. The Hall–Kier alpha value is -1.31. The zero-order valence-corrected chi connectivity index (χ0v) is 13.8. The predicted molar refractivity (Wildman–Crippen MR) is 91.9 cm³/mol. The summed E-state index contributed by atoms with van der Waals surface area (Å²) in [5.41, 5.74) is 2.56. The molecular weight excluding hydrogens is 278 g/mol. The van der Waals surface area contributed by atoms with Gasteiger partial charge in [0.25, 0.3) is 0 Å². The lowest BCUT2D eigenvalue weighted by Crippen LogP contribution is -2.27. The van der Waals surface area contributed by atoms with Crippen molar-refractivity contribution in [1.82, 2.24) is 5.32 Å². The molecule has 0 bridgehead atoms. The van der Waals surface area contributed by atoms with Crippen LogP contribution < -0.4 is 5.32 Å². The van der Waals surface area contributed by atoms with Gasteiger partial charge in [-0.25, -0.2) is 0 Å². The Labute approximate surface area is 133 Å². The molecule has 0 fully saturated rings. The van der Waals surface area contributed by atoms with Gasteiger partial charge in [0.2, 0.25) is 0 Å². The molecule has 0 saturated carbocycles. The molecule has 2 heteroatoms. The SMILES string of the molecule is CC(NCC(c1ccccc1)C(C)C)c1ccccc1Cl. The molecule has 2 rings (SSSR count). The first-order valence-electron chi connectivity index (χ1n) is 7.62. The molecule has 0 aromatic heterocycles. The van der Waals surface area contributed by atoms with Crippen LogP contribution in [0, 0.1) is 5.92 Å². The Kier molecular flexibility index (Phi) is 5.84. The van der Waals surface area contributed by atoms with Crippen molar-refractivity contribution in [2.45, 2.75) is 32.7 Å². The smallest absolute Gasteiger partial charge is 0.0453 e. The standard InChI is InChI=1S/C19H24ClN/c1-14(2)18(16-9-5-4-6-10-16)13-21-15(3)17-11-7-8-12-19(17)20/h4-12,14-15,18,21H,13H2,1-3H3. The average molecular weight is 302 g/mol. The highest BCUT2D eigenvalue weighted by atomic mass is 35.5. The van der Waals surface area contributed by atoms with Gasteiger partial charge in [0.15, 0.2) is 0 Å². The van der Waals surface area contributed by atoms with Crippen LogP contribution in [0.1, 0.15) is 43.9 Å². The molecule has 0 spiro atoms. The van der Waals surface area contributed by atoms with Crippen LogP contribution >= 0.6 is 11.6 Å². The summed E-state index contributed by atoms with van der Waals surface area (Å²) in [6, 6.07) is 19.0. The summed E-state index contributed by atoms with van der Waals surface area (Å²) in [4.78, 5) is 0. The predicted octanol–water partition coefficient (Wildman–Crippen LogP) is 5.43. The van der Waals surface area contributed by atoms with Crippen molar-refractivity contribution < 1.29 is 0 Å². The molecule has 0 amide bonds. The largest absolute Gasteiger partial charge is 0.310 e. The maximum atomic E-state index is 6.27. The van der Waals surface area contributed by atoms with Crippen LogP contribution in [0.5, 0.6) is 0 Å². The van der Waals surface area contributed by atoms with Crippen molar-refractivity contribution in [2.75, 3.05) is 6.54 Å². The zero-order valence-electron chi connectivity index (χ0n) is 13.0. The summed E-state index contributed by atoms with van der Waals surface area (Å²) in [5.74, 6) is 1.11. The third-order valence-electron chi connectivity index (χ3n) is 4.05. The summed E-state index contributed by atoms with van der Waals surface area (Å²) in [6.45, 7) is 7.68. The first-order chi connectivity index (χ1) is 10.1. The molecule has 2 atom stereocenters. The minimum atomic E-state index is 0.253. The third-order valence-corrected chi connectivity index (χ3v) is 4.39. The Morgan fingerprint density at radius 2 is 1.52 bits per heavy atom. The van der Waals surface area contributed by atoms with E-state index in [1.807, 2.05) is 18.2 Å². The van der Waals surface area contributed by atoms with E-state index in [2.05, 4.69) is 62.5 Å². The summed E-state index contributed by atoms with van der Waals surface area (Å²) in [6.07, 6.45) is 0. The van der Waals surface area contributed by atoms with Gasteiger partial charge in [-0.05, 0) is 36.0 Å². The molecule has 2 aromatic rings. The first-order valence-corrected chi connectivity index (χ1v) is 8.00. The molecular formula is C19H24ClN. The monoisotopic (exact) mass is 301 g/mol. The topological polar surface area (TPSA) is 12.0 Å². The fourth-order valence-corrected chi connectivity index (χ4v) is 2.98. The number of rotatable bonds is 6. The minimum absolute atomic E-state index is 0.253. The van der Waals surface area contributed by atoms with Crippen LogP contribution in [-0.2, 0) is 0 Å². The summed E-state index contributed by atoms with van der Waals surface area (Å²) in [5, 5.41) is 4.47. The van der Waals surface area contributed by atoms with E-state index in [4.69, 9.17) is 11.6 Å². The Morgan fingerprint density at radius 1 is 0.905 bits per heavy atom. The van der Waals surface area contributed by atoms with Gasteiger partial charge in [-0.2, -0.15) is 0 Å². The lowest BCUT2D eigenvalue weighted by Gasteiger charge is -2.25. The van der Waals surface area contributed by atoms with Crippen molar-refractivity contribution >= 4 is 11.6 Å². The third kappa shape index (κ3) is 4.33. The van der Waals surface area contributed by atoms with Crippen LogP contribution in [0.3, 0.4) is 0 Å². The average Bonchev–Trinajstić information content (AvgIpc) is 2.48. The summed E-state index contributed by atoms with van der Waals surface area (Å²) >= 11 is 6.27. The van der Waals surface area contributed by atoms with Crippen molar-refractivity contribution in [3.63, 3.8) is 0 Å². The van der Waals surface area contributed by atoms with Crippen LogP contribution in [0.4, 0.5) is 0 Å². The maximum Gasteiger partial charge on any atom is 0.0453 e. The number of hydrogen-bond donors (Lipinski definition) is 1. The fraction of sp³-hybridized carbons (Fsp3) is 0.368. The van der Waals surface area contributed by atoms with Gasteiger partial charge in [0.05, 0.1) is 0 Å². The second-order valence-corrected chi connectivity index (χ2v) is 6.32. The van der Waals surface area contributed by atoms with E-state index in [1.165, 1.54) is 5.56 Å². The van der Waals surface area contributed by atoms with Gasteiger partial charge in [0, 0.05) is 17.6 Å². The summed E-state index contributed by atoms with van der Waals surface area (Å²) < 4.78 is 0. The maximum absolute atomic E-state index is 6.27. The van der Waals surface area contributed by atoms with Gasteiger partial charge in [0.1, 0.15) is 0 Å². The molecule has 0 radical (unpaired) electrons. The number of halogens is 1. The molecule has 1 N–H and O–H groups in total. The number of benzene rings is 2. The lowest BCUT2D eigenvalue weighted by atomic mass is 9.88. The lowest BCUT2D eigenvalue weighted by molar-refractivity contribution is 0.436. The van der Waals surface area contributed by atoms with Gasteiger partial charge in [-0.1, -0.05) is 74.0 Å². The number of hydrogen-bond acceptors (Lipinski definition) is 1. The van der Waals surface area contributed by atoms with Gasteiger partial charge >= 0.3 is 0 Å². The molecule has 0 saturated heterocycles. The minimum Gasteiger partial charge on any atom is -0.310 e. The molecule has 0 aliphatic rings. The second-order valence-electron chi connectivity index (χ2n) is 5.91. The molecule has 1 nitrogen and oxygen atoms in total. The Bertz CT molecular complexity index is 551. The number of nitrogens with one attached hydrogen (secondary N) is 1. The van der Waals surface area contributed by atoms with E-state index in [1.54, 1.807) is 0 Å². The van der Waals surface area contributed by atoms with Crippen molar-refractivity contribution in [2.24, 2.45) is 5.92 Å². The molecule has 0 heterocycles. The van der Waals surface area contributed by atoms with Crippen LogP contribution in [0.2, 0.25) is 5.02 Å². The quantitative estimate of drug-likeness (QED) is 0.750. The Balaban J connectivity index is 2.04. The normalized spacial score (nSPS) is 14.1.